The zero-order chi connectivity index (χ0) is 11.5. The third-order valence-electron chi connectivity index (χ3n) is 2.77. The Balaban J connectivity index is 2.49. The number of nitrogens with zero attached hydrogens (tertiary/aromatic N) is 1. The first-order valence-electron chi connectivity index (χ1n) is 5.33. The smallest absolute Gasteiger partial charge is 0.0708 e. The number of pyridine rings is 1. The van der Waals surface area contributed by atoms with Gasteiger partial charge in [0.1, 0.15) is 0 Å². The lowest BCUT2D eigenvalue weighted by atomic mass is 9.99. The molecule has 1 aromatic heterocycles. The molecule has 0 fully saturated rings. The fraction of sp³-hybridized carbons (Fsp3) is 0.308. The van der Waals surface area contributed by atoms with Gasteiger partial charge in [0, 0.05) is 17.0 Å². The van der Waals surface area contributed by atoms with Crippen molar-refractivity contribution in [2.45, 2.75) is 12.8 Å². The van der Waals surface area contributed by atoms with Gasteiger partial charge in [-0.15, -0.1) is 0 Å². The molecule has 0 saturated heterocycles. The molecule has 84 valence electrons. The van der Waals surface area contributed by atoms with Gasteiger partial charge in [-0.1, -0.05) is 18.2 Å². The van der Waals surface area contributed by atoms with Crippen LogP contribution in [0, 0.1) is 6.92 Å². The van der Waals surface area contributed by atoms with Crippen molar-refractivity contribution in [3.05, 3.63) is 41.6 Å². The summed E-state index contributed by atoms with van der Waals surface area (Å²) in [6, 6.07) is 9.82. The summed E-state index contributed by atoms with van der Waals surface area (Å²) in [5.74, 6) is -0.216. The minimum Gasteiger partial charge on any atom is -0.396 e. The normalized spacial score (nSPS) is 11.2. The van der Waals surface area contributed by atoms with Crippen LogP contribution in [0.2, 0.25) is 0 Å². The van der Waals surface area contributed by atoms with Crippen LogP contribution in [-0.2, 0) is 0 Å². The molecule has 0 bridgehead atoms. The molecule has 3 heteroatoms. The second-order valence-corrected chi connectivity index (χ2v) is 3.97. The van der Waals surface area contributed by atoms with Gasteiger partial charge in [0.15, 0.2) is 0 Å². The Hall–Kier alpha value is -1.45. The lowest BCUT2D eigenvalue weighted by Crippen LogP contribution is -2.08. The summed E-state index contributed by atoms with van der Waals surface area (Å²) in [5.41, 5.74) is 2.80. The maximum absolute atomic E-state index is 9.13. The fourth-order valence-corrected chi connectivity index (χ4v) is 1.76. The number of fused-ring (bicyclic) bond motifs is 1. The first-order chi connectivity index (χ1) is 7.74. The number of benzene rings is 1. The standard InChI is InChI=1S/C13H15NO2/c1-9-2-3-10-4-5-11(6-13(10)14-9)12(7-15)8-16/h2-6,12,15-16H,7-8H2,1H3. The van der Waals surface area contributed by atoms with Crippen LogP contribution in [0.25, 0.3) is 10.9 Å². The lowest BCUT2D eigenvalue weighted by molar-refractivity contribution is 0.192. The third-order valence-corrected chi connectivity index (χ3v) is 2.77. The van der Waals surface area contributed by atoms with Crippen LogP contribution in [-0.4, -0.2) is 28.4 Å². The highest BCUT2D eigenvalue weighted by molar-refractivity contribution is 5.79. The van der Waals surface area contributed by atoms with E-state index in [2.05, 4.69) is 4.98 Å². The summed E-state index contributed by atoms with van der Waals surface area (Å²) in [7, 11) is 0. The topological polar surface area (TPSA) is 53.4 Å². The Morgan fingerprint density at radius 3 is 2.50 bits per heavy atom. The zero-order valence-corrected chi connectivity index (χ0v) is 9.22. The van der Waals surface area contributed by atoms with Crippen molar-refractivity contribution < 1.29 is 10.2 Å². The molecule has 2 N–H and O–H groups in total. The summed E-state index contributed by atoms with van der Waals surface area (Å²) < 4.78 is 0. The zero-order valence-electron chi connectivity index (χ0n) is 9.22. The lowest BCUT2D eigenvalue weighted by Gasteiger charge is -2.11. The van der Waals surface area contributed by atoms with Crippen molar-refractivity contribution in [2.24, 2.45) is 0 Å². The second kappa shape index (κ2) is 4.60. The van der Waals surface area contributed by atoms with Gasteiger partial charge in [-0.2, -0.15) is 0 Å². The van der Waals surface area contributed by atoms with Gasteiger partial charge in [-0.25, -0.2) is 0 Å². The number of hydrogen-bond acceptors (Lipinski definition) is 3. The maximum atomic E-state index is 9.13. The van der Waals surface area contributed by atoms with E-state index >= 15 is 0 Å². The predicted octanol–water partition coefficient (Wildman–Crippen LogP) is 1.61. The Morgan fingerprint density at radius 1 is 1.12 bits per heavy atom. The van der Waals surface area contributed by atoms with Crippen molar-refractivity contribution >= 4 is 10.9 Å². The molecule has 0 unspecified atom stereocenters. The quantitative estimate of drug-likeness (QED) is 0.821. The molecule has 0 amide bonds. The van der Waals surface area contributed by atoms with Crippen LogP contribution in [0.3, 0.4) is 0 Å². The molecule has 3 nitrogen and oxygen atoms in total. The number of aromatic nitrogens is 1. The van der Waals surface area contributed by atoms with E-state index in [-0.39, 0.29) is 19.1 Å². The van der Waals surface area contributed by atoms with Crippen LogP contribution in [0.15, 0.2) is 30.3 Å². The average Bonchev–Trinajstić information content (AvgIpc) is 2.30. The van der Waals surface area contributed by atoms with Crippen LogP contribution in [0.4, 0.5) is 0 Å². The molecule has 0 atom stereocenters. The molecular formula is C13H15NO2. The Labute approximate surface area is 94.4 Å². The van der Waals surface area contributed by atoms with Crippen molar-refractivity contribution in [1.29, 1.82) is 0 Å². The van der Waals surface area contributed by atoms with Gasteiger partial charge in [0.25, 0.3) is 0 Å². The van der Waals surface area contributed by atoms with Crippen molar-refractivity contribution in [2.75, 3.05) is 13.2 Å². The molecule has 0 radical (unpaired) electrons. The highest BCUT2D eigenvalue weighted by Crippen LogP contribution is 2.20. The first-order valence-corrected chi connectivity index (χ1v) is 5.33. The SMILES string of the molecule is Cc1ccc2ccc(C(CO)CO)cc2n1. The summed E-state index contributed by atoms with van der Waals surface area (Å²) in [6.45, 7) is 1.85. The second-order valence-electron chi connectivity index (χ2n) is 3.97. The van der Waals surface area contributed by atoms with Gasteiger partial charge < -0.3 is 10.2 Å². The molecule has 16 heavy (non-hydrogen) atoms. The molecule has 0 aliphatic rings. The number of aliphatic hydroxyl groups is 2. The average molecular weight is 217 g/mol. The van der Waals surface area contributed by atoms with Crippen molar-refractivity contribution in [1.82, 2.24) is 4.98 Å². The molecule has 2 aromatic rings. The monoisotopic (exact) mass is 217 g/mol. The van der Waals surface area contributed by atoms with E-state index in [0.717, 1.165) is 22.2 Å². The fourth-order valence-electron chi connectivity index (χ4n) is 1.76. The molecule has 0 aliphatic heterocycles. The van der Waals surface area contributed by atoms with Crippen LogP contribution < -0.4 is 0 Å². The molecule has 0 saturated carbocycles. The Kier molecular flexibility index (Phi) is 3.17. The van der Waals surface area contributed by atoms with Crippen LogP contribution >= 0.6 is 0 Å². The number of hydrogen-bond donors (Lipinski definition) is 2. The molecule has 1 aromatic carbocycles. The van der Waals surface area contributed by atoms with E-state index in [4.69, 9.17) is 10.2 Å². The molecule has 0 aliphatic carbocycles. The summed E-state index contributed by atoms with van der Waals surface area (Å²) in [5, 5.41) is 19.3. The van der Waals surface area contributed by atoms with Gasteiger partial charge in [0.05, 0.1) is 18.7 Å². The largest absolute Gasteiger partial charge is 0.396 e. The number of rotatable bonds is 3. The number of aryl methyl sites for hydroxylation is 1. The van der Waals surface area contributed by atoms with Gasteiger partial charge >= 0.3 is 0 Å². The minimum atomic E-state index is -0.216. The van der Waals surface area contributed by atoms with Gasteiger partial charge in [-0.3, -0.25) is 4.98 Å². The van der Waals surface area contributed by atoms with Gasteiger partial charge in [-0.05, 0) is 24.6 Å². The number of aliphatic hydroxyl groups excluding tert-OH is 2. The highest BCUT2D eigenvalue weighted by Gasteiger charge is 2.09. The Morgan fingerprint density at radius 2 is 1.81 bits per heavy atom. The molecular weight excluding hydrogens is 202 g/mol. The first kappa shape index (κ1) is 11.0. The molecule has 0 spiro atoms. The summed E-state index contributed by atoms with van der Waals surface area (Å²) >= 11 is 0. The van der Waals surface area contributed by atoms with Gasteiger partial charge in [0.2, 0.25) is 0 Å². The van der Waals surface area contributed by atoms with E-state index in [9.17, 15) is 0 Å². The minimum absolute atomic E-state index is 0.0478. The highest BCUT2D eigenvalue weighted by atomic mass is 16.3. The van der Waals surface area contributed by atoms with E-state index in [1.54, 1.807) is 0 Å². The van der Waals surface area contributed by atoms with Crippen molar-refractivity contribution in [3.8, 4) is 0 Å². The van der Waals surface area contributed by atoms with Crippen LogP contribution in [0.1, 0.15) is 17.2 Å². The van der Waals surface area contributed by atoms with E-state index < -0.39 is 0 Å². The predicted molar refractivity (Wildman–Crippen MR) is 63.4 cm³/mol. The van der Waals surface area contributed by atoms with Crippen LogP contribution in [0.5, 0.6) is 0 Å². The Bertz CT molecular complexity index is 492. The van der Waals surface area contributed by atoms with E-state index in [0.29, 0.717) is 0 Å². The summed E-state index contributed by atoms with van der Waals surface area (Å²) in [4.78, 5) is 4.42. The van der Waals surface area contributed by atoms with E-state index in [1.807, 2.05) is 37.3 Å². The maximum Gasteiger partial charge on any atom is 0.0708 e. The third kappa shape index (κ3) is 2.05. The summed E-state index contributed by atoms with van der Waals surface area (Å²) in [6.07, 6.45) is 0. The molecule has 2 rings (SSSR count). The van der Waals surface area contributed by atoms with E-state index in [1.165, 1.54) is 0 Å². The van der Waals surface area contributed by atoms with Crippen molar-refractivity contribution in [3.63, 3.8) is 0 Å². The molecule has 1 heterocycles.